The molecular weight excluding hydrogens is 286 g/mol. The van der Waals surface area contributed by atoms with E-state index in [9.17, 15) is 8.42 Å². The van der Waals surface area contributed by atoms with E-state index in [1.165, 1.54) is 6.26 Å². The van der Waals surface area contributed by atoms with Crippen molar-refractivity contribution in [2.45, 2.75) is 18.9 Å². The van der Waals surface area contributed by atoms with Crippen LogP contribution in [0.1, 0.15) is 24.4 Å². The van der Waals surface area contributed by atoms with Crippen LogP contribution in [0.15, 0.2) is 42.7 Å². The summed E-state index contributed by atoms with van der Waals surface area (Å²) in [5.41, 5.74) is 2.07. The Balaban J connectivity index is 2.04. The summed E-state index contributed by atoms with van der Waals surface area (Å²) in [7, 11) is -1.02. The van der Waals surface area contributed by atoms with Gasteiger partial charge in [0.2, 0.25) is 0 Å². The fraction of sp³-hybridized carbons (Fsp3) is 0.400. The van der Waals surface area contributed by atoms with E-state index in [4.69, 9.17) is 0 Å². The lowest BCUT2D eigenvalue weighted by Gasteiger charge is -2.13. The Labute approximate surface area is 125 Å². The lowest BCUT2D eigenvalue weighted by molar-refractivity contribution is 0.536. The number of nitrogens with zero attached hydrogens (tertiary/aromatic N) is 2. The predicted molar refractivity (Wildman–Crippen MR) is 84.3 cm³/mol. The first kappa shape index (κ1) is 15.7. The van der Waals surface area contributed by atoms with Gasteiger partial charge in [-0.3, -0.25) is 0 Å². The summed E-state index contributed by atoms with van der Waals surface area (Å²) in [6, 6.07) is 10.0. The standard InChI is InChI=1S/C15H21N3O2S/c1-16-15(9-6-10-21(2,19)20)13-11-17-18(12-13)14-7-4-3-5-8-14/h3-5,7-8,11-12,15-16H,6,9-10H2,1-2H3. The van der Waals surface area contributed by atoms with Gasteiger partial charge in [-0.15, -0.1) is 0 Å². The molecule has 1 aromatic heterocycles. The Hall–Kier alpha value is -1.66. The zero-order valence-electron chi connectivity index (χ0n) is 12.4. The van der Waals surface area contributed by atoms with Gasteiger partial charge in [0.25, 0.3) is 0 Å². The molecule has 0 saturated carbocycles. The quantitative estimate of drug-likeness (QED) is 0.849. The fourth-order valence-electron chi connectivity index (χ4n) is 2.27. The maximum absolute atomic E-state index is 11.2. The van der Waals surface area contributed by atoms with E-state index in [0.29, 0.717) is 6.42 Å². The molecule has 0 spiro atoms. The molecule has 21 heavy (non-hydrogen) atoms. The van der Waals surface area contributed by atoms with E-state index >= 15 is 0 Å². The van der Waals surface area contributed by atoms with Crippen molar-refractivity contribution in [2.75, 3.05) is 19.1 Å². The van der Waals surface area contributed by atoms with Crippen molar-refractivity contribution in [3.8, 4) is 5.69 Å². The molecule has 1 aromatic carbocycles. The number of para-hydroxylation sites is 1. The first-order valence-corrected chi connectivity index (χ1v) is 9.00. The number of benzene rings is 1. The highest BCUT2D eigenvalue weighted by Crippen LogP contribution is 2.19. The first-order valence-electron chi connectivity index (χ1n) is 6.94. The van der Waals surface area contributed by atoms with Crippen molar-refractivity contribution in [1.82, 2.24) is 15.1 Å². The van der Waals surface area contributed by atoms with E-state index in [2.05, 4.69) is 10.4 Å². The summed E-state index contributed by atoms with van der Waals surface area (Å²) in [5.74, 6) is 0.220. The molecule has 1 atom stereocenters. The van der Waals surface area contributed by atoms with Crippen LogP contribution >= 0.6 is 0 Å². The van der Waals surface area contributed by atoms with Crippen LogP contribution in [0.25, 0.3) is 5.69 Å². The SMILES string of the molecule is CNC(CCCS(C)(=O)=O)c1cnn(-c2ccccc2)c1. The van der Waals surface area contributed by atoms with Crippen molar-refractivity contribution in [3.63, 3.8) is 0 Å². The summed E-state index contributed by atoms with van der Waals surface area (Å²) in [5, 5.41) is 7.59. The Morgan fingerprint density at radius 3 is 2.62 bits per heavy atom. The highest BCUT2D eigenvalue weighted by molar-refractivity contribution is 7.90. The van der Waals surface area contributed by atoms with Crippen LogP contribution in [0, 0.1) is 0 Å². The van der Waals surface area contributed by atoms with E-state index in [1.807, 2.05) is 54.5 Å². The van der Waals surface area contributed by atoms with Crippen molar-refractivity contribution in [3.05, 3.63) is 48.3 Å². The van der Waals surface area contributed by atoms with Crippen LogP contribution in [0.4, 0.5) is 0 Å². The van der Waals surface area contributed by atoms with E-state index in [-0.39, 0.29) is 11.8 Å². The zero-order valence-corrected chi connectivity index (χ0v) is 13.2. The third-order valence-corrected chi connectivity index (χ3v) is 4.41. The fourth-order valence-corrected chi connectivity index (χ4v) is 2.96. The molecule has 0 aliphatic heterocycles. The minimum atomic E-state index is -2.90. The predicted octanol–water partition coefficient (Wildman–Crippen LogP) is 1.96. The smallest absolute Gasteiger partial charge is 0.147 e. The van der Waals surface area contributed by atoms with E-state index in [0.717, 1.165) is 17.7 Å². The molecule has 2 aromatic rings. The van der Waals surface area contributed by atoms with Crippen molar-refractivity contribution in [1.29, 1.82) is 0 Å². The van der Waals surface area contributed by atoms with Crippen molar-refractivity contribution < 1.29 is 8.42 Å². The summed E-state index contributed by atoms with van der Waals surface area (Å²) >= 11 is 0. The highest BCUT2D eigenvalue weighted by atomic mass is 32.2. The molecule has 114 valence electrons. The van der Waals surface area contributed by atoms with E-state index < -0.39 is 9.84 Å². The third kappa shape index (κ3) is 4.68. The van der Waals surface area contributed by atoms with Crippen LogP contribution in [-0.2, 0) is 9.84 Å². The minimum Gasteiger partial charge on any atom is -0.313 e. The topological polar surface area (TPSA) is 64.0 Å². The molecule has 0 aliphatic carbocycles. The summed E-state index contributed by atoms with van der Waals surface area (Å²) in [4.78, 5) is 0. The second-order valence-electron chi connectivity index (χ2n) is 5.17. The molecule has 0 fully saturated rings. The van der Waals surface area contributed by atoms with Crippen LogP contribution in [0.2, 0.25) is 0 Å². The third-order valence-electron chi connectivity index (χ3n) is 3.38. The summed E-state index contributed by atoms with van der Waals surface area (Å²) in [6.45, 7) is 0. The Kier molecular flexibility index (Phi) is 5.14. The first-order chi connectivity index (χ1) is 9.99. The minimum absolute atomic E-state index is 0.115. The van der Waals surface area contributed by atoms with Crippen LogP contribution in [-0.4, -0.2) is 37.3 Å². The van der Waals surface area contributed by atoms with Crippen molar-refractivity contribution >= 4 is 9.84 Å². The maximum Gasteiger partial charge on any atom is 0.147 e. The van der Waals surface area contributed by atoms with Gasteiger partial charge in [0.05, 0.1) is 11.9 Å². The average Bonchev–Trinajstić information content (AvgIpc) is 2.93. The molecule has 0 radical (unpaired) electrons. The molecule has 5 nitrogen and oxygen atoms in total. The van der Waals surface area contributed by atoms with E-state index in [1.54, 1.807) is 0 Å². The number of rotatable bonds is 7. The normalized spacial score (nSPS) is 13.2. The van der Waals surface area contributed by atoms with Crippen LogP contribution < -0.4 is 5.32 Å². The summed E-state index contributed by atoms with van der Waals surface area (Å²) in [6.07, 6.45) is 6.49. The number of aromatic nitrogens is 2. The zero-order chi connectivity index (χ0) is 15.3. The second-order valence-corrected chi connectivity index (χ2v) is 7.43. The lowest BCUT2D eigenvalue weighted by Crippen LogP contribution is -2.17. The molecular formula is C15H21N3O2S. The Bertz CT molecular complexity index is 665. The lowest BCUT2D eigenvalue weighted by atomic mass is 10.1. The van der Waals surface area contributed by atoms with Gasteiger partial charge >= 0.3 is 0 Å². The van der Waals surface area contributed by atoms with Gasteiger partial charge in [-0.05, 0) is 32.0 Å². The van der Waals surface area contributed by atoms with Gasteiger partial charge in [-0.25, -0.2) is 13.1 Å². The summed E-state index contributed by atoms with van der Waals surface area (Å²) < 4.78 is 24.2. The molecule has 0 aliphatic rings. The highest BCUT2D eigenvalue weighted by Gasteiger charge is 2.13. The second kappa shape index (κ2) is 6.87. The van der Waals surface area contributed by atoms with Gasteiger partial charge in [0, 0.05) is 29.8 Å². The van der Waals surface area contributed by atoms with Crippen molar-refractivity contribution in [2.24, 2.45) is 0 Å². The molecule has 0 amide bonds. The number of hydrogen-bond donors (Lipinski definition) is 1. The molecule has 2 rings (SSSR count). The number of nitrogens with one attached hydrogen (secondary N) is 1. The van der Waals surface area contributed by atoms with Crippen LogP contribution in [0.5, 0.6) is 0 Å². The average molecular weight is 307 g/mol. The Morgan fingerprint density at radius 2 is 2.00 bits per heavy atom. The van der Waals surface area contributed by atoms with Gasteiger partial charge in [0.1, 0.15) is 9.84 Å². The van der Waals surface area contributed by atoms with Gasteiger partial charge in [-0.1, -0.05) is 18.2 Å². The maximum atomic E-state index is 11.2. The molecule has 1 unspecified atom stereocenters. The van der Waals surface area contributed by atoms with Gasteiger partial charge in [-0.2, -0.15) is 5.10 Å². The van der Waals surface area contributed by atoms with Gasteiger partial charge < -0.3 is 5.32 Å². The number of sulfone groups is 1. The monoisotopic (exact) mass is 307 g/mol. The number of hydrogen-bond acceptors (Lipinski definition) is 4. The Morgan fingerprint density at radius 1 is 1.29 bits per heavy atom. The molecule has 0 saturated heterocycles. The molecule has 1 N–H and O–H groups in total. The molecule has 1 heterocycles. The van der Waals surface area contributed by atoms with Gasteiger partial charge in [0.15, 0.2) is 0 Å². The van der Waals surface area contributed by atoms with Crippen LogP contribution in [0.3, 0.4) is 0 Å². The molecule has 6 heteroatoms. The largest absolute Gasteiger partial charge is 0.313 e. The molecule has 0 bridgehead atoms.